The van der Waals surface area contributed by atoms with Crippen molar-refractivity contribution in [3.8, 4) is 0 Å². The number of benzene rings is 1. The molecule has 0 radical (unpaired) electrons. The Kier molecular flexibility index (Phi) is 4.62. The molecule has 1 aromatic carbocycles. The second kappa shape index (κ2) is 6.02. The minimum Gasteiger partial charge on any atom is -0.368 e. The SMILES string of the molecule is CC(C)CC1CN(c2cc(F)ccc2Br)CCN1. The van der Waals surface area contributed by atoms with Crippen molar-refractivity contribution in [2.75, 3.05) is 24.5 Å². The number of nitrogens with zero attached hydrogens (tertiary/aromatic N) is 1. The first kappa shape index (κ1) is 13.8. The zero-order chi connectivity index (χ0) is 13.1. The number of nitrogens with one attached hydrogen (secondary N) is 1. The lowest BCUT2D eigenvalue weighted by atomic mass is 10.0. The third kappa shape index (κ3) is 3.45. The third-order valence-corrected chi connectivity index (χ3v) is 3.93. The van der Waals surface area contributed by atoms with Crippen LogP contribution in [0.1, 0.15) is 20.3 Å². The summed E-state index contributed by atoms with van der Waals surface area (Å²) in [6, 6.07) is 5.38. The van der Waals surface area contributed by atoms with E-state index in [0.717, 1.165) is 36.2 Å². The standard InChI is InChI=1S/C14H20BrFN2/c1-10(2)7-12-9-18(6-5-17-12)14-8-11(16)3-4-13(14)15/h3-4,8,10,12,17H,5-7,9H2,1-2H3. The first-order valence-corrected chi connectivity index (χ1v) is 7.29. The van der Waals surface area contributed by atoms with Gasteiger partial charge in [0.15, 0.2) is 0 Å². The maximum Gasteiger partial charge on any atom is 0.125 e. The lowest BCUT2D eigenvalue weighted by Crippen LogP contribution is -2.51. The van der Waals surface area contributed by atoms with E-state index < -0.39 is 0 Å². The molecule has 1 aromatic rings. The normalized spacial score (nSPS) is 20.5. The Balaban J connectivity index is 2.10. The fraction of sp³-hybridized carbons (Fsp3) is 0.571. The molecule has 1 atom stereocenters. The van der Waals surface area contributed by atoms with Crippen molar-refractivity contribution >= 4 is 21.6 Å². The molecule has 1 saturated heterocycles. The average Bonchev–Trinajstić information content (AvgIpc) is 2.32. The lowest BCUT2D eigenvalue weighted by molar-refractivity contribution is 0.388. The van der Waals surface area contributed by atoms with E-state index in [1.54, 1.807) is 12.1 Å². The second-order valence-corrected chi connectivity index (χ2v) is 6.18. The summed E-state index contributed by atoms with van der Waals surface area (Å²) >= 11 is 3.51. The molecule has 1 fully saturated rings. The van der Waals surface area contributed by atoms with Crippen LogP contribution in [0.25, 0.3) is 0 Å². The van der Waals surface area contributed by atoms with Gasteiger partial charge in [0.2, 0.25) is 0 Å². The van der Waals surface area contributed by atoms with Gasteiger partial charge in [-0.25, -0.2) is 4.39 Å². The predicted molar refractivity (Wildman–Crippen MR) is 77.6 cm³/mol. The highest BCUT2D eigenvalue weighted by atomic mass is 79.9. The highest BCUT2D eigenvalue weighted by Crippen LogP contribution is 2.28. The molecule has 1 heterocycles. The molecule has 100 valence electrons. The van der Waals surface area contributed by atoms with Crippen LogP contribution in [0.3, 0.4) is 0 Å². The van der Waals surface area contributed by atoms with Gasteiger partial charge in [0.1, 0.15) is 5.82 Å². The van der Waals surface area contributed by atoms with Gasteiger partial charge in [-0.1, -0.05) is 13.8 Å². The van der Waals surface area contributed by atoms with E-state index in [9.17, 15) is 4.39 Å². The summed E-state index contributed by atoms with van der Waals surface area (Å²) < 4.78 is 14.3. The largest absolute Gasteiger partial charge is 0.368 e. The van der Waals surface area contributed by atoms with Crippen LogP contribution < -0.4 is 10.2 Å². The number of hydrogen-bond acceptors (Lipinski definition) is 2. The van der Waals surface area contributed by atoms with Gasteiger partial charge in [0, 0.05) is 30.1 Å². The van der Waals surface area contributed by atoms with Crippen molar-refractivity contribution < 1.29 is 4.39 Å². The maximum absolute atomic E-state index is 13.3. The molecular weight excluding hydrogens is 295 g/mol. The molecule has 0 aliphatic carbocycles. The Morgan fingerprint density at radius 2 is 2.28 bits per heavy atom. The molecule has 2 rings (SSSR count). The Morgan fingerprint density at radius 3 is 3.00 bits per heavy atom. The van der Waals surface area contributed by atoms with E-state index in [-0.39, 0.29) is 5.82 Å². The summed E-state index contributed by atoms with van der Waals surface area (Å²) in [5.41, 5.74) is 0.963. The van der Waals surface area contributed by atoms with Gasteiger partial charge in [0.25, 0.3) is 0 Å². The average molecular weight is 315 g/mol. The molecule has 0 aromatic heterocycles. The van der Waals surface area contributed by atoms with Crippen LogP contribution in [0.2, 0.25) is 0 Å². The second-order valence-electron chi connectivity index (χ2n) is 5.32. The zero-order valence-corrected chi connectivity index (χ0v) is 12.5. The highest BCUT2D eigenvalue weighted by Gasteiger charge is 2.21. The van der Waals surface area contributed by atoms with Gasteiger partial charge in [0.05, 0.1) is 5.69 Å². The first-order valence-electron chi connectivity index (χ1n) is 6.49. The molecule has 1 aliphatic rings. The number of anilines is 1. The number of halogens is 2. The maximum atomic E-state index is 13.3. The van der Waals surface area contributed by atoms with Crippen LogP contribution in [0.5, 0.6) is 0 Å². The molecule has 0 saturated carbocycles. The van der Waals surface area contributed by atoms with Crippen molar-refractivity contribution in [2.24, 2.45) is 5.92 Å². The van der Waals surface area contributed by atoms with Crippen LogP contribution in [-0.2, 0) is 0 Å². The number of piperazine rings is 1. The summed E-state index contributed by atoms with van der Waals surface area (Å²) in [5.74, 6) is 0.505. The van der Waals surface area contributed by atoms with Crippen molar-refractivity contribution in [3.63, 3.8) is 0 Å². The fourth-order valence-corrected chi connectivity index (χ4v) is 3.00. The quantitative estimate of drug-likeness (QED) is 0.919. The first-order chi connectivity index (χ1) is 8.56. The molecule has 2 nitrogen and oxygen atoms in total. The molecule has 0 amide bonds. The number of rotatable bonds is 3. The molecule has 0 spiro atoms. The van der Waals surface area contributed by atoms with Gasteiger partial charge in [-0.2, -0.15) is 0 Å². The molecule has 4 heteroatoms. The van der Waals surface area contributed by atoms with Crippen LogP contribution in [0.15, 0.2) is 22.7 Å². The topological polar surface area (TPSA) is 15.3 Å². The molecule has 1 N–H and O–H groups in total. The van der Waals surface area contributed by atoms with E-state index in [0.29, 0.717) is 12.0 Å². The van der Waals surface area contributed by atoms with Crippen LogP contribution in [0, 0.1) is 11.7 Å². The monoisotopic (exact) mass is 314 g/mol. The van der Waals surface area contributed by atoms with E-state index in [1.165, 1.54) is 6.07 Å². The Bertz CT molecular complexity index is 409. The smallest absolute Gasteiger partial charge is 0.125 e. The van der Waals surface area contributed by atoms with E-state index in [4.69, 9.17) is 0 Å². The van der Waals surface area contributed by atoms with Crippen molar-refractivity contribution in [3.05, 3.63) is 28.5 Å². The van der Waals surface area contributed by atoms with Gasteiger partial charge in [-0.15, -0.1) is 0 Å². The zero-order valence-electron chi connectivity index (χ0n) is 10.9. The Morgan fingerprint density at radius 1 is 1.50 bits per heavy atom. The summed E-state index contributed by atoms with van der Waals surface area (Å²) in [4.78, 5) is 2.26. The fourth-order valence-electron chi connectivity index (χ4n) is 2.50. The van der Waals surface area contributed by atoms with E-state index >= 15 is 0 Å². The van der Waals surface area contributed by atoms with Crippen molar-refractivity contribution in [2.45, 2.75) is 26.3 Å². The minimum absolute atomic E-state index is 0.174. The molecule has 1 unspecified atom stereocenters. The van der Waals surface area contributed by atoms with Crippen LogP contribution in [-0.4, -0.2) is 25.7 Å². The van der Waals surface area contributed by atoms with Gasteiger partial charge in [-0.3, -0.25) is 0 Å². The Hall–Kier alpha value is -0.610. The van der Waals surface area contributed by atoms with Gasteiger partial charge >= 0.3 is 0 Å². The van der Waals surface area contributed by atoms with Crippen molar-refractivity contribution in [1.29, 1.82) is 0 Å². The molecule has 1 aliphatic heterocycles. The van der Waals surface area contributed by atoms with Gasteiger partial charge in [-0.05, 0) is 46.5 Å². The van der Waals surface area contributed by atoms with Crippen LogP contribution in [0.4, 0.5) is 10.1 Å². The summed E-state index contributed by atoms with van der Waals surface area (Å²) in [5, 5.41) is 3.53. The lowest BCUT2D eigenvalue weighted by Gasteiger charge is -2.36. The molecule has 18 heavy (non-hydrogen) atoms. The Labute approximate surface area is 117 Å². The highest BCUT2D eigenvalue weighted by molar-refractivity contribution is 9.10. The van der Waals surface area contributed by atoms with Crippen molar-refractivity contribution in [1.82, 2.24) is 5.32 Å². The third-order valence-electron chi connectivity index (χ3n) is 3.26. The number of hydrogen-bond donors (Lipinski definition) is 1. The predicted octanol–water partition coefficient (Wildman–Crippen LogP) is 3.41. The molecule has 0 bridgehead atoms. The molecular formula is C14H20BrFN2. The summed E-state index contributed by atoms with van der Waals surface area (Å²) in [7, 11) is 0. The minimum atomic E-state index is -0.174. The van der Waals surface area contributed by atoms with E-state index in [1.807, 2.05) is 0 Å². The van der Waals surface area contributed by atoms with E-state index in [2.05, 4.69) is 40.0 Å². The van der Waals surface area contributed by atoms with Crippen LogP contribution >= 0.6 is 15.9 Å². The summed E-state index contributed by atoms with van der Waals surface area (Å²) in [6.45, 7) is 7.30. The summed E-state index contributed by atoms with van der Waals surface area (Å²) in [6.07, 6.45) is 1.16. The van der Waals surface area contributed by atoms with Gasteiger partial charge < -0.3 is 10.2 Å².